The fraction of sp³-hybridized carbons (Fsp3) is 0.455. The second-order valence-corrected chi connectivity index (χ2v) is 7.12. The number of nitrogens with zero attached hydrogens (tertiary/aromatic N) is 1. The SMILES string of the molecule is O[N+]1(CCCOc2ccccc2)CCCCC1CCc1ccccc1. The Kier molecular flexibility index (Phi) is 6.48. The van der Waals surface area contributed by atoms with Crippen LogP contribution in [0.2, 0.25) is 0 Å². The zero-order valence-electron chi connectivity index (χ0n) is 15.0. The molecule has 1 aliphatic rings. The van der Waals surface area contributed by atoms with Gasteiger partial charge in [-0.15, -0.1) is 0 Å². The van der Waals surface area contributed by atoms with Crippen LogP contribution in [0.5, 0.6) is 5.75 Å². The summed E-state index contributed by atoms with van der Waals surface area (Å²) in [4.78, 5) is 0. The van der Waals surface area contributed by atoms with Gasteiger partial charge >= 0.3 is 0 Å². The van der Waals surface area contributed by atoms with Gasteiger partial charge < -0.3 is 4.74 Å². The normalized spacial score (nSPS) is 23.3. The number of hydrogen-bond acceptors (Lipinski definition) is 2. The van der Waals surface area contributed by atoms with Crippen LogP contribution in [0.25, 0.3) is 0 Å². The largest absolute Gasteiger partial charge is 0.493 e. The van der Waals surface area contributed by atoms with E-state index in [2.05, 4.69) is 30.3 Å². The molecule has 2 unspecified atom stereocenters. The van der Waals surface area contributed by atoms with E-state index >= 15 is 0 Å². The maximum Gasteiger partial charge on any atom is 0.119 e. The van der Waals surface area contributed by atoms with E-state index in [1.165, 1.54) is 12.0 Å². The minimum atomic E-state index is 0.227. The number of hydroxylamine groups is 3. The van der Waals surface area contributed by atoms with Crippen molar-refractivity contribution in [3.8, 4) is 5.75 Å². The maximum atomic E-state index is 11.2. The molecule has 0 radical (unpaired) electrons. The fourth-order valence-electron chi connectivity index (χ4n) is 3.89. The van der Waals surface area contributed by atoms with E-state index in [0.717, 1.165) is 50.9 Å². The van der Waals surface area contributed by atoms with Crippen molar-refractivity contribution in [1.29, 1.82) is 0 Å². The average Bonchev–Trinajstić information content (AvgIpc) is 2.66. The number of ether oxygens (including phenoxy) is 1. The van der Waals surface area contributed by atoms with Crippen molar-refractivity contribution in [3.63, 3.8) is 0 Å². The first-order valence-corrected chi connectivity index (χ1v) is 9.57. The summed E-state index contributed by atoms with van der Waals surface area (Å²) in [7, 11) is 0. The van der Waals surface area contributed by atoms with E-state index in [4.69, 9.17) is 4.74 Å². The van der Waals surface area contributed by atoms with E-state index in [1.807, 2.05) is 30.3 Å². The third-order valence-corrected chi connectivity index (χ3v) is 5.32. The standard InChI is InChI=1S/C22H30NO2/c24-23(18-9-19-25-22-13-5-2-6-14-22)17-8-7-12-21(23)16-15-20-10-3-1-4-11-20/h1-6,10-11,13-14,21,24H,7-9,12,15-19H2/q+1. The van der Waals surface area contributed by atoms with Crippen molar-refractivity contribution in [2.24, 2.45) is 0 Å². The van der Waals surface area contributed by atoms with Crippen molar-refractivity contribution in [2.75, 3.05) is 19.7 Å². The minimum absolute atomic E-state index is 0.227. The molecular formula is C22H30NO2+. The number of para-hydroxylation sites is 1. The summed E-state index contributed by atoms with van der Waals surface area (Å²) in [5.41, 5.74) is 1.37. The summed E-state index contributed by atoms with van der Waals surface area (Å²) in [6.07, 6.45) is 6.47. The first-order valence-electron chi connectivity index (χ1n) is 9.57. The monoisotopic (exact) mass is 340 g/mol. The molecule has 3 rings (SSSR count). The summed E-state index contributed by atoms with van der Waals surface area (Å²) in [6, 6.07) is 20.9. The Morgan fingerprint density at radius 1 is 0.960 bits per heavy atom. The topological polar surface area (TPSA) is 29.5 Å². The highest BCUT2D eigenvalue weighted by molar-refractivity contribution is 5.20. The number of likely N-dealkylation sites (tertiary alicyclic amines) is 1. The third kappa shape index (κ3) is 5.32. The molecule has 2 aromatic carbocycles. The van der Waals surface area contributed by atoms with Gasteiger partial charge in [0.2, 0.25) is 0 Å². The van der Waals surface area contributed by atoms with Crippen molar-refractivity contribution in [1.82, 2.24) is 0 Å². The van der Waals surface area contributed by atoms with Crippen LogP contribution >= 0.6 is 0 Å². The van der Waals surface area contributed by atoms with Crippen LogP contribution in [0.1, 0.15) is 37.7 Å². The Balaban J connectivity index is 1.48. The van der Waals surface area contributed by atoms with Crippen molar-refractivity contribution < 1.29 is 14.6 Å². The van der Waals surface area contributed by atoms with Gasteiger partial charge in [0.05, 0.1) is 6.61 Å². The highest BCUT2D eigenvalue weighted by Gasteiger charge is 2.38. The molecule has 134 valence electrons. The van der Waals surface area contributed by atoms with Crippen molar-refractivity contribution >= 4 is 0 Å². The molecule has 3 nitrogen and oxygen atoms in total. The summed E-state index contributed by atoms with van der Waals surface area (Å²) in [5, 5.41) is 11.2. The van der Waals surface area contributed by atoms with Gasteiger partial charge in [0.25, 0.3) is 0 Å². The minimum Gasteiger partial charge on any atom is -0.493 e. The highest BCUT2D eigenvalue weighted by atomic mass is 16.5. The van der Waals surface area contributed by atoms with Gasteiger partial charge in [-0.1, -0.05) is 48.5 Å². The molecule has 2 atom stereocenters. The first-order chi connectivity index (χ1) is 12.3. The molecule has 2 aromatic rings. The summed E-state index contributed by atoms with van der Waals surface area (Å²) < 4.78 is 6.01. The zero-order valence-corrected chi connectivity index (χ0v) is 15.0. The summed E-state index contributed by atoms with van der Waals surface area (Å²) >= 11 is 0. The van der Waals surface area contributed by atoms with E-state index in [1.54, 1.807) is 0 Å². The Labute approximate surface area is 151 Å². The molecule has 1 heterocycles. The highest BCUT2D eigenvalue weighted by Crippen LogP contribution is 2.27. The molecule has 1 saturated heterocycles. The molecule has 1 aliphatic heterocycles. The molecule has 0 bridgehead atoms. The molecule has 0 aromatic heterocycles. The second kappa shape index (κ2) is 9.02. The smallest absolute Gasteiger partial charge is 0.119 e. The molecule has 1 fully saturated rings. The molecule has 0 amide bonds. The quantitative estimate of drug-likeness (QED) is 0.550. The number of rotatable bonds is 8. The Hall–Kier alpha value is -1.84. The lowest BCUT2D eigenvalue weighted by molar-refractivity contribution is -1.12. The fourth-order valence-corrected chi connectivity index (χ4v) is 3.89. The van der Waals surface area contributed by atoms with E-state index in [-0.39, 0.29) is 4.65 Å². The molecule has 0 aliphatic carbocycles. The van der Waals surface area contributed by atoms with E-state index in [9.17, 15) is 5.21 Å². The lowest BCUT2D eigenvalue weighted by Crippen LogP contribution is -2.56. The van der Waals surface area contributed by atoms with Crippen LogP contribution in [0, 0.1) is 0 Å². The van der Waals surface area contributed by atoms with Gasteiger partial charge in [-0.2, -0.15) is 4.65 Å². The molecule has 25 heavy (non-hydrogen) atoms. The second-order valence-electron chi connectivity index (χ2n) is 7.12. The van der Waals surface area contributed by atoms with Gasteiger partial charge in [-0.05, 0) is 37.0 Å². The Morgan fingerprint density at radius 3 is 2.44 bits per heavy atom. The van der Waals surface area contributed by atoms with Crippen LogP contribution in [0.3, 0.4) is 0 Å². The van der Waals surface area contributed by atoms with Crippen LogP contribution in [0.4, 0.5) is 0 Å². The third-order valence-electron chi connectivity index (χ3n) is 5.32. The average molecular weight is 340 g/mol. The van der Waals surface area contributed by atoms with Crippen LogP contribution in [-0.2, 0) is 6.42 Å². The predicted octanol–water partition coefficient (Wildman–Crippen LogP) is 4.85. The van der Waals surface area contributed by atoms with Crippen molar-refractivity contribution in [3.05, 3.63) is 66.2 Å². The zero-order chi connectivity index (χ0) is 17.4. The molecule has 1 N–H and O–H groups in total. The van der Waals surface area contributed by atoms with Crippen LogP contribution in [-0.4, -0.2) is 35.6 Å². The van der Waals surface area contributed by atoms with Crippen LogP contribution in [0.15, 0.2) is 60.7 Å². The Morgan fingerprint density at radius 2 is 1.68 bits per heavy atom. The van der Waals surface area contributed by atoms with Gasteiger partial charge in [-0.3, -0.25) is 0 Å². The van der Waals surface area contributed by atoms with E-state index < -0.39 is 0 Å². The van der Waals surface area contributed by atoms with Gasteiger partial charge in [0.1, 0.15) is 24.9 Å². The number of aryl methyl sites for hydroxylation is 1. The number of quaternary nitrogens is 1. The molecular weight excluding hydrogens is 310 g/mol. The van der Waals surface area contributed by atoms with Gasteiger partial charge in [-0.25, -0.2) is 5.21 Å². The lowest BCUT2D eigenvalue weighted by Gasteiger charge is -2.41. The maximum absolute atomic E-state index is 11.2. The Bertz CT molecular complexity index is 616. The van der Waals surface area contributed by atoms with E-state index in [0.29, 0.717) is 12.6 Å². The molecule has 0 saturated carbocycles. The van der Waals surface area contributed by atoms with Crippen LogP contribution < -0.4 is 4.74 Å². The molecule has 3 heteroatoms. The van der Waals surface area contributed by atoms with Gasteiger partial charge in [0.15, 0.2) is 0 Å². The number of hydrogen-bond donors (Lipinski definition) is 1. The lowest BCUT2D eigenvalue weighted by atomic mass is 9.95. The number of benzene rings is 2. The molecule has 0 spiro atoms. The summed E-state index contributed by atoms with van der Waals surface area (Å²) in [6.45, 7) is 2.33. The predicted molar refractivity (Wildman–Crippen MR) is 101 cm³/mol. The summed E-state index contributed by atoms with van der Waals surface area (Å²) in [5.74, 6) is 0.909. The van der Waals surface area contributed by atoms with Crippen molar-refractivity contribution in [2.45, 2.75) is 44.6 Å². The number of piperidine rings is 1. The van der Waals surface area contributed by atoms with Gasteiger partial charge in [0, 0.05) is 19.3 Å². The first kappa shape index (κ1) is 18.0.